The number of rotatable bonds is 9. The zero-order valence-corrected chi connectivity index (χ0v) is 11.4. The lowest BCUT2D eigenvalue weighted by atomic mass is 10.0. The summed E-state index contributed by atoms with van der Waals surface area (Å²) in [6, 6.07) is 0. The first-order chi connectivity index (χ1) is 8.19. The zero-order valence-electron chi connectivity index (χ0n) is 11.4. The predicted molar refractivity (Wildman–Crippen MR) is 70.7 cm³/mol. The largest absolute Gasteiger partial charge is 0.355 e. The second kappa shape index (κ2) is 5.41. The number of unbranched alkanes of at least 4 members (excludes halogenated alkanes) is 4. The van der Waals surface area contributed by atoms with Crippen molar-refractivity contribution in [2.75, 3.05) is 6.54 Å². The second-order valence-electron chi connectivity index (χ2n) is 6.28. The van der Waals surface area contributed by atoms with Crippen LogP contribution in [0.1, 0.15) is 65.2 Å². The highest BCUT2D eigenvalue weighted by atomic mass is 16.2. The van der Waals surface area contributed by atoms with Crippen molar-refractivity contribution >= 4 is 5.91 Å². The molecule has 1 atom stereocenters. The molecule has 1 N–H and O–H groups in total. The van der Waals surface area contributed by atoms with Gasteiger partial charge in [-0.25, -0.2) is 0 Å². The molecule has 98 valence electrons. The van der Waals surface area contributed by atoms with Gasteiger partial charge in [0.1, 0.15) is 0 Å². The number of hydrogen-bond acceptors (Lipinski definition) is 1. The van der Waals surface area contributed by atoms with Crippen LogP contribution in [0.15, 0.2) is 0 Å². The number of carbonyl (C=O) groups is 1. The lowest BCUT2D eigenvalue weighted by Crippen LogP contribution is -2.31. The lowest BCUT2D eigenvalue weighted by molar-refractivity contribution is -0.124. The Labute approximate surface area is 106 Å². The normalized spacial score (nSPS) is 30.6. The zero-order chi connectivity index (χ0) is 12.3. The molecule has 2 fully saturated rings. The average molecular weight is 237 g/mol. The van der Waals surface area contributed by atoms with E-state index in [9.17, 15) is 4.79 Å². The fourth-order valence-electron chi connectivity index (χ4n) is 2.71. The SMILES string of the molecule is CCCCCCCC(C)CNC(=O)C12CC1C2. The molecule has 2 nitrogen and oxygen atoms in total. The third-order valence-corrected chi connectivity index (χ3v) is 4.55. The van der Waals surface area contributed by atoms with E-state index in [2.05, 4.69) is 19.2 Å². The summed E-state index contributed by atoms with van der Waals surface area (Å²) >= 11 is 0. The monoisotopic (exact) mass is 237 g/mol. The van der Waals surface area contributed by atoms with Crippen molar-refractivity contribution < 1.29 is 4.79 Å². The van der Waals surface area contributed by atoms with Gasteiger partial charge in [0, 0.05) is 6.54 Å². The standard InChI is InChI=1S/C15H27NO/c1-3-4-5-6-7-8-12(2)11-16-14(17)15-9-13(15)10-15/h12-13H,3-11H2,1-2H3,(H,16,17). The van der Waals surface area contributed by atoms with Crippen molar-refractivity contribution in [2.24, 2.45) is 17.3 Å². The van der Waals surface area contributed by atoms with Gasteiger partial charge in [-0.3, -0.25) is 4.79 Å². The number of carbonyl (C=O) groups excluding carboxylic acids is 1. The van der Waals surface area contributed by atoms with Crippen LogP contribution in [0.5, 0.6) is 0 Å². The third-order valence-electron chi connectivity index (χ3n) is 4.55. The van der Waals surface area contributed by atoms with Gasteiger partial charge in [-0.2, -0.15) is 0 Å². The molecule has 0 spiro atoms. The van der Waals surface area contributed by atoms with E-state index in [1.807, 2.05) is 0 Å². The van der Waals surface area contributed by atoms with E-state index in [-0.39, 0.29) is 5.41 Å². The molecule has 0 heterocycles. The van der Waals surface area contributed by atoms with E-state index in [0.717, 1.165) is 12.5 Å². The summed E-state index contributed by atoms with van der Waals surface area (Å²) in [5, 5.41) is 3.14. The van der Waals surface area contributed by atoms with Crippen LogP contribution in [0, 0.1) is 17.3 Å². The van der Waals surface area contributed by atoms with E-state index in [1.54, 1.807) is 0 Å². The number of hydrogen-bond donors (Lipinski definition) is 1. The Hall–Kier alpha value is -0.530. The summed E-state index contributed by atoms with van der Waals surface area (Å²) in [6.45, 7) is 5.40. The van der Waals surface area contributed by atoms with Crippen molar-refractivity contribution in [3.05, 3.63) is 0 Å². The van der Waals surface area contributed by atoms with Crippen molar-refractivity contribution in [3.63, 3.8) is 0 Å². The van der Waals surface area contributed by atoms with Crippen molar-refractivity contribution in [2.45, 2.75) is 65.2 Å². The molecule has 17 heavy (non-hydrogen) atoms. The summed E-state index contributed by atoms with van der Waals surface area (Å²) in [4.78, 5) is 11.8. The number of amides is 1. The Morgan fingerprint density at radius 1 is 1.29 bits per heavy atom. The Bertz CT molecular complexity index is 268. The molecular weight excluding hydrogens is 210 g/mol. The van der Waals surface area contributed by atoms with E-state index >= 15 is 0 Å². The van der Waals surface area contributed by atoms with Crippen LogP contribution in [0.4, 0.5) is 0 Å². The molecule has 1 amide bonds. The molecule has 0 bridgehead atoms. The summed E-state index contributed by atoms with van der Waals surface area (Å²) in [5.41, 5.74) is 0.154. The van der Waals surface area contributed by atoms with E-state index in [4.69, 9.17) is 0 Å². The second-order valence-corrected chi connectivity index (χ2v) is 6.28. The predicted octanol–water partition coefficient (Wildman–Crippen LogP) is 3.51. The van der Waals surface area contributed by atoms with Crippen molar-refractivity contribution in [1.82, 2.24) is 5.32 Å². The van der Waals surface area contributed by atoms with E-state index in [1.165, 1.54) is 51.4 Å². The fourth-order valence-corrected chi connectivity index (χ4v) is 2.71. The highest BCUT2D eigenvalue weighted by molar-refractivity contribution is 5.89. The Kier molecular flexibility index (Phi) is 4.11. The van der Waals surface area contributed by atoms with Crippen molar-refractivity contribution in [3.8, 4) is 0 Å². The minimum absolute atomic E-state index is 0.154. The minimum Gasteiger partial charge on any atom is -0.355 e. The van der Waals surface area contributed by atoms with Crippen LogP contribution in [0.25, 0.3) is 0 Å². The minimum atomic E-state index is 0.154. The van der Waals surface area contributed by atoms with Gasteiger partial charge in [0.05, 0.1) is 5.41 Å². The highest BCUT2D eigenvalue weighted by Crippen LogP contribution is 2.75. The Morgan fingerprint density at radius 3 is 2.53 bits per heavy atom. The molecule has 2 saturated carbocycles. The summed E-state index contributed by atoms with van der Waals surface area (Å²) in [5.74, 6) is 1.76. The molecule has 0 aromatic rings. The first kappa shape index (κ1) is 12.9. The molecular formula is C15H27NO. The van der Waals surface area contributed by atoms with Gasteiger partial charge < -0.3 is 5.32 Å². The van der Waals surface area contributed by atoms with Crippen LogP contribution in [0.2, 0.25) is 0 Å². The molecule has 1 unspecified atom stereocenters. The smallest absolute Gasteiger partial charge is 0.226 e. The average Bonchev–Trinajstić information content (AvgIpc) is 3.14. The maximum Gasteiger partial charge on any atom is 0.226 e. The quantitative estimate of drug-likeness (QED) is 0.611. The van der Waals surface area contributed by atoms with Crippen LogP contribution in [-0.4, -0.2) is 12.5 Å². The third kappa shape index (κ3) is 3.23. The van der Waals surface area contributed by atoms with Gasteiger partial charge >= 0.3 is 0 Å². The number of fused-ring (bicyclic) bond motifs is 1. The maximum atomic E-state index is 11.8. The molecule has 0 saturated heterocycles. The first-order valence-electron chi connectivity index (χ1n) is 7.47. The maximum absolute atomic E-state index is 11.8. The topological polar surface area (TPSA) is 29.1 Å². The van der Waals surface area contributed by atoms with Gasteiger partial charge in [-0.05, 0) is 31.1 Å². The molecule has 2 aliphatic rings. The van der Waals surface area contributed by atoms with Crippen LogP contribution in [-0.2, 0) is 4.79 Å². The van der Waals surface area contributed by atoms with Gasteiger partial charge in [-0.15, -0.1) is 0 Å². The van der Waals surface area contributed by atoms with Crippen LogP contribution < -0.4 is 5.32 Å². The van der Waals surface area contributed by atoms with Gasteiger partial charge in [-0.1, -0.05) is 46.0 Å². The molecule has 0 aliphatic heterocycles. The Morgan fingerprint density at radius 2 is 1.94 bits per heavy atom. The van der Waals surface area contributed by atoms with Crippen LogP contribution in [0.3, 0.4) is 0 Å². The Balaban J connectivity index is 1.46. The summed E-state index contributed by atoms with van der Waals surface area (Å²) in [7, 11) is 0. The van der Waals surface area contributed by atoms with E-state index < -0.39 is 0 Å². The number of nitrogens with one attached hydrogen (secondary N) is 1. The van der Waals surface area contributed by atoms with Crippen molar-refractivity contribution in [1.29, 1.82) is 0 Å². The first-order valence-corrected chi connectivity index (χ1v) is 7.47. The molecule has 0 aromatic carbocycles. The summed E-state index contributed by atoms with van der Waals surface area (Å²) in [6.07, 6.45) is 10.3. The molecule has 2 heteroatoms. The van der Waals surface area contributed by atoms with Gasteiger partial charge in [0.2, 0.25) is 5.91 Å². The molecule has 0 radical (unpaired) electrons. The van der Waals surface area contributed by atoms with Crippen LogP contribution >= 0.6 is 0 Å². The van der Waals surface area contributed by atoms with Gasteiger partial charge in [0.25, 0.3) is 0 Å². The van der Waals surface area contributed by atoms with E-state index in [0.29, 0.717) is 11.8 Å². The van der Waals surface area contributed by atoms with Gasteiger partial charge in [0.15, 0.2) is 0 Å². The molecule has 0 aromatic heterocycles. The molecule has 2 rings (SSSR count). The summed E-state index contributed by atoms with van der Waals surface area (Å²) < 4.78 is 0. The molecule has 2 aliphatic carbocycles. The lowest BCUT2D eigenvalue weighted by Gasteiger charge is -2.13. The highest BCUT2D eigenvalue weighted by Gasteiger charge is 2.74. The fraction of sp³-hybridized carbons (Fsp3) is 0.933.